The molecule has 4 aromatic rings. The lowest BCUT2D eigenvalue weighted by atomic mass is 10.1. The molecule has 0 saturated carbocycles. The summed E-state index contributed by atoms with van der Waals surface area (Å²) in [7, 11) is 1.88. The van der Waals surface area contributed by atoms with Gasteiger partial charge in [-0.2, -0.15) is 3.97 Å². The summed E-state index contributed by atoms with van der Waals surface area (Å²) in [6.45, 7) is 0.659. The topological polar surface area (TPSA) is 77.8 Å². The molecule has 0 spiro atoms. The van der Waals surface area contributed by atoms with Crippen molar-refractivity contribution in [3.05, 3.63) is 76.9 Å². The molecule has 6 nitrogen and oxygen atoms in total. The Labute approximate surface area is 181 Å². The SMILES string of the molecule is CNCc1cn([S+]([O-])c2cccnc2)c2cc(Nc3ccnc(Cl)c3Cl)ccc12. The molecule has 0 saturated heterocycles. The highest BCUT2D eigenvalue weighted by Gasteiger charge is 2.20. The molecule has 29 heavy (non-hydrogen) atoms. The van der Waals surface area contributed by atoms with Crippen LogP contribution in [0.2, 0.25) is 10.2 Å². The highest BCUT2D eigenvalue weighted by molar-refractivity contribution is 7.90. The second kappa shape index (κ2) is 8.61. The molecule has 0 amide bonds. The van der Waals surface area contributed by atoms with Crippen molar-refractivity contribution in [3.8, 4) is 0 Å². The van der Waals surface area contributed by atoms with E-state index in [0.717, 1.165) is 22.2 Å². The van der Waals surface area contributed by atoms with Gasteiger partial charge in [-0.05, 0) is 42.9 Å². The first-order valence-corrected chi connectivity index (χ1v) is 10.6. The van der Waals surface area contributed by atoms with E-state index in [9.17, 15) is 4.55 Å². The third-order valence-electron chi connectivity index (χ3n) is 4.36. The molecule has 0 aliphatic heterocycles. The number of nitrogens with one attached hydrogen (secondary N) is 2. The Kier molecular flexibility index (Phi) is 5.94. The number of halogens is 2. The first-order chi connectivity index (χ1) is 14.1. The van der Waals surface area contributed by atoms with E-state index in [1.54, 1.807) is 40.8 Å². The van der Waals surface area contributed by atoms with Crippen LogP contribution in [0.1, 0.15) is 5.56 Å². The number of fused-ring (bicyclic) bond motifs is 1. The van der Waals surface area contributed by atoms with Gasteiger partial charge in [0, 0.05) is 30.0 Å². The van der Waals surface area contributed by atoms with Crippen LogP contribution in [-0.4, -0.2) is 25.5 Å². The molecular weight excluding hydrogens is 429 g/mol. The van der Waals surface area contributed by atoms with Gasteiger partial charge in [0.1, 0.15) is 27.1 Å². The Morgan fingerprint density at radius 3 is 2.79 bits per heavy atom. The van der Waals surface area contributed by atoms with Crippen LogP contribution in [0.5, 0.6) is 0 Å². The molecular formula is C20H17Cl2N5OS. The van der Waals surface area contributed by atoms with Crippen LogP contribution in [0.4, 0.5) is 11.4 Å². The van der Waals surface area contributed by atoms with Crippen LogP contribution < -0.4 is 10.6 Å². The zero-order valence-corrected chi connectivity index (χ0v) is 17.7. The molecule has 148 valence electrons. The standard InChI is InChI=1S/C20H17Cl2N5OS/c1-23-10-13-12-27(29(28)15-3-2-7-24-11-15)18-9-14(4-5-16(13)18)26-17-6-8-25-20(22)19(17)21/h2-9,11-12,23H,10H2,1H3,(H,25,26). The van der Waals surface area contributed by atoms with Crippen molar-refractivity contribution in [1.82, 2.24) is 19.3 Å². The van der Waals surface area contributed by atoms with Crippen molar-refractivity contribution < 1.29 is 4.55 Å². The van der Waals surface area contributed by atoms with E-state index in [4.69, 9.17) is 23.2 Å². The van der Waals surface area contributed by atoms with Crippen LogP contribution in [-0.2, 0) is 17.9 Å². The van der Waals surface area contributed by atoms with Crippen molar-refractivity contribution >= 4 is 56.8 Å². The number of aromatic nitrogens is 3. The fraction of sp³-hybridized carbons (Fsp3) is 0.100. The number of anilines is 2. The highest BCUT2D eigenvalue weighted by atomic mass is 35.5. The lowest BCUT2D eigenvalue weighted by molar-refractivity contribution is 0.587. The number of pyridine rings is 2. The fourth-order valence-electron chi connectivity index (χ4n) is 3.05. The number of rotatable bonds is 6. The first kappa shape index (κ1) is 20.0. The zero-order valence-electron chi connectivity index (χ0n) is 15.4. The minimum atomic E-state index is -1.43. The van der Waals surface area contributed by atoms with E-state index in [1.165, 1.54) is 0 Å². The molecule has 2 N–H and O–H groups in total. The van der Waals surface area contributed by atoms with Gasteiger partial charge in [-0.3, -0.25) is 4.98 Å². The van der Waals surface area contributed by atoms with Crippen molar-refractivity contribution in [3.63, 3.8) is 0 Å². The molecule has 0 bridgehead atoms. The number of benzene rings is 1. The average molecular weight is 446 g/mol. The molecule has 4 rings (SSSR count). The van der Waals surface area contributed by atoms with Crippen LogP contribution in [0.3, 0.4) is 0 Å². The Morgan fingerprint density at radius 1 is 1.17 bits per heavy atom. The van der Waals surface area contributed by atoms with Gasteiger partial charge in [0.05, 0.1) is 18.1 Å². The summed E-state index contributed by atoms with van der Waals surface area (Å²) in [6, 6.07) is 11.2. The molecule has 1 unspecified atom stereocenters. The summed E-state index contributed by atoms with van der Waals surface area (Å²) in [5, 5.41) is 8.01. The lowest BCUT2D eigenvalue weighted by Gasteiger charge is -2.12. The summed E-state index contributed by atoms with van der Waals surface area (Å²) in [4.78, 5) is 8.67. The average Bonchev–Trinajstić information content (AvgIpc) is 3.09. The first-order valence-electron chi connectivity index (χ1n) is 8.76. The zero-order chi connectivity index (χ0) is 20.4. The van der Waals surface area contributed by atoms with E-state index < -0.39 is 11.4 Å². The number of hydrogen-bond donors (Lipinski definition) is 2. The van der Waals surface area contributed by atoms with Gasteiger partial charge in [-0.15, -0.1) is 0 Å². The summed E-state index contributed by atoms with van der Waals surface area (Å²) in [5.41, 5.74) is 3.32. The second-order valence-corrected chi connectivity index (χ2v) is 8.37. The smallest absolute Gasteiger partial charge is 0.198 e. The maximum atomic E-state index is 13.2. The summed E-state index contributed by atoms with van der Waals surface area (Å²) >= 11 is 10.8. The molecule has 9 heteroatoms. The molecule has 1 atom stereocenters. The van der Waals surface area contributed by atoms with Crippen molar-refractivity contribution in [2.45, 2.75) is 11.4 Å². The molecule has 0 radical (unpaired) electrons. The molecule has 1 aromatic carbocycles. The van der Waals surface area contributed by atoms with E-state index in [0.29, 0.717) is 22.2 Å². The number of nitrogens with zero attached hydrogens (tertiary/aromatic N) is 3. The third-order valence-corrected chi connectivity index (χ3v) is 6.43. The third kappa shape index (κ3) is 4.05. The van der Waals surface area contributed by atoms with E-state index >= 15 is 0 Å². The highest BCUT2D eigenvalue weighted by Crippen LogP contribution is 2.33. The predicted octanol–water partition coefficient (Wildman–Crippen LogP) is 4.77. The van der Waals surface area contributed by atoms with E-state index in [-0.39, 0.29) is 5.15 Å². The molecule has 0 aliphatic rings. The lowest BCUT2D eigenvalue weighted by Crippen LogP contribution is -2.12. The number of hydrogen-bond acceptors (Lipinski definition) is 5. The fourth-order valence-corrected chi connectivity index (χ4v) is 4.49. The predicted molar refractivity (Wildman–Crippen MR) is 118 cm³/mol. The van der Waals surface area contributed by atoms with Crippen molar-refractivity contribution in [2.75, 3.05) is 12.4 Å². The van der Waals surface area contributed by atoms with E-state index in [1.807, 2.05) is 31.4 Å². The summed E-state index contributed by atoms with van der Waals surface area (Å²) < 4.78 is 14.9. The molecule has 0 fully saturated rings. The van der Waals surface area contributed by atoms with Gasteiger partial charge in [0.15, 0.2) is 4.90 Å². The van der Waals surface area contributed by atoms with Crippen LogP contribution in [0.15, 0.2) is 66.1 Å². The van der Waals surface area contributed by atoms with Crippen LogP contribution in [0, 0.1) is 0 Å². The normalized spacial score (nSPS) is 12.3. The quantitative estimate of drug-likeness (QED) is 0.330. The summed E-state index contributed by atoms with van der Waals surface area (Å²) in [5.74, 6) is 0. The Morgan fingerprint density at radius 2 is 2.03 bits per heavy atom. The van der Waals surface area contributed by atoms with Gasteiger partial charge >= 0.3 is 0 Å². The molecule has 0 aliphatic carbocycles. The molecule has 3 heterocycles. The molecule has 3 aromatic heterocycles. The van der Waals surface area contributed by atoms with Gasteiger partial charge in [0.25, 0.3) is 0 Å². The van der Waals surface area contributed by atoms with Crippen LogP contribution >= 0.6 is 23.2 Å². The maximum absolute atomic E-state index is 13.2. The van der Waals surface area contributed by atoms with E-state index in [2.05, 4.69) is 20.6 Å². The van der Waals surface area contributed by atoms with Crippen molar-refractivity contribution in [2.24, 2.45) is 0 Å². The Hall–Kier alpha value is -2.29. The monoisotopic (exact) mass is 445 g/mol. The largest absolute Gasteiger partial charge is 0.587 e. The summed E-state index contributed by atoms with van der Waals surface area (Å²) in [6.07, 6.45) is 6.76. The van der Waals surface area contributed by atoms with Crippen LogP contribution in [0.25, 0.3) is 10.9 Å². The van der Waals surface area contributed by atoms with Gasteiger partial charge < -0.3 is 15.2 Å². The Balaban J connectivity index is 1.79. The van der Waals surface area contributed by atoms with Crippen molar-refractivity contribution in [1.29, 1.82) is 0 Å². The second-order valence-electron chi connectivity index (χ2n) is 6.27. The minimum absolute atomic E-state index is 0.232. The van der Waals surface area contributed by atoms with Gasteiger partial charge in [-0.25, -0.2) is 4.98 Å². The minimum Gasteiger partial charge on any atom is -0.587 e. The maximum Gasteiger partial charge on any atom is 0.198 e. The Bertz CT molecular complexity index is 1150. The van der Waals surface area contributed by atoms with Gasteiger partial charge in [-0.1, -0.05) is 29.3 Å². The van der Waals surface area contributed by atoms with Gasteiger partial charge in [0.2, 0.25) is 0 Å².